The van der Waals surface area contributed by atoms with E-state index in [-0.39, 0.29) is 23.0 Å². The minimum Gasteiger partial charge on any atom is -0.326 e. The molecule has 136 valence electrons. The predicted molar refractivity (Wildman–Crippen MR) is 105 cm³/mol. The highest BCUT2D eigenvalue weighted by molar-refractivity contribution is 8.00. The summed E-state index contributed by atoms with van der Waals surface area (Å²) < 4.78 is 0. The Morgan fingerprint density at radius 3 is 1.54 bits per heavy atom. The molecule has 6 nitrogen and oxygen atoms in total. The van der Waals surface area contributed by atoms with Crippen molar-refractivity contribution in [1.82, 2.24) is 0 Å². The molecule has 0 aliphatic carbocycles. The number of anilines is 3. The summed E-state index contributed by atoms with van der Waals surface area (Å²) >= 11 is 1.43. The third-order valence-corrected chi connectivity index (χ3v) is 4.44. The van der Waals surface area contributed by atoms with E-state index in [1.54, 1.807) is 36.4 Å². The van der Waals surface area contributed by atoms with Gasteiger partial charge in [-0.25, -0.2) is 0 Å². The van der Waals surface area contributed by atoms with Crippen LogP contribution in [0, 0.1) is 0 Å². The van der Waals surface area contributed by atoms with Crippen LogP contribution in [0.5, 0.6) is 0 Å². The standard InChI is InChI=1S/C19H21N3O3S/c1-12(26-18-10-8-16(9-11-18)21-14(3)24)19(25)22-17-6-4-15(5-7-17)20-13(2)23/h4-12H,1-3H3,(H,20,23)(H,21,24)(H,22,25)/t12-/m1/s1. The van der Waals surface area contributed by atoms with E-state index in [1.165, 1.54) is 25.6 Å². The van der Waals surface area contributed by atoms with Crippen LogP contribution in [-0.2, 0) is 14.4 Å². The van der Waals surface area contributed by atoms with E-state index >= 15 is 0 Å². The van der Waals surface area contributed by atoms with Crippen LogP contribution in [0.3, 0.4) is 0 Å². The lowest BCUT2D eigenvalue weighted by Gasteiger charge is -2.13. The van der Waals surface area contributed by atoms with Crippen LogP contribution in [0.4, 0.5) is 17.1 Å². The number of rotatable bonds is 6. The SMILES string of the molecule is CC(=O)Nc1ccc(NC(=O)[C@@H](C)Sc2ccc(NC(C)=O)cc2)cc1. The van der Waals surface area contributed by atoms with Crippen LogP contribution in [-0.4, -0.2) is 23.0 Å². The zero-order valence-corrected chi connectivity index (χ0v) is 15.6. The van der Waals surface area contributed by atoms with E-state index in [0.29, 0.717) is 11.4 Å². The lowest BCUT2D eigenvalue weighted by molar-refractivity contribution is -0.116. The molecule has 0 aliphatic heterocycles. The third kappa shape index (κ3) is 6.25. The number of thioether (sulfide) groups is 1. The van der Waals surface area contributed by atoms with Crippen molar-refractivity contribution in [2.24, 2.45) is 0 Å². The van der Waals surface area contributed by atoms with E-state index < -0.39 is 0 Å². The van der Waals surface area contributed by atoms with Gasteiger partial charge in [0.1, 0.15) is 0 Å². The molecule has 2 rings (SSSR count). The van der Waals surface area contributed by atoms with Gasteiger partial charge < -0.3 is 16.0 Å². The highest BCUT2D eigenvalue weighted by atomic mass is 32.2. The molecule has 26 heavy (non-hydrogen) atoms. The minimum absolute atomic E-state index is 0.117. The molecule has 2 aromatic rings. The lowest BCUT2D eigenvalue weighted by atomic mass is 10.2. The Hall–Kier alpha value is -2.80. The molecule has 3 amide bonds. The van der Waals surface area contributed by atoms with Gasteiger partial charge in [0.2, 0.25) is 17.7 Å². The maximum absolute atomic E-state index is 12.3. The van der Waals surface area contributed by atoms with E-state index in [2.05, 4.69) is 16.0 Å². The van der Waals surface area contributed by atoms with Crippen molar-refractivity contribution in [2.45, 2.75) is 30.9 Å². The zero-order valence-electron chi connectivity index (χ0n) is 14.8. The first-order valence-electron chi connectivity index (χ1n) is 8.06. The van der Waals surface area contributed by atoms with E-state index in [0.717, 1.165) is 10.6 Å². The molecule has 0 unspecified atom stereocenters. The Balaban J connectivity index is 1.90. The average Bonchev–Trinajstić information content (AvgIpc) is 2.57. The van der Waals surface area contributed by atoms with Crippen molar-refractivity contribution >= 4 is 46.5 Å². The third-order valence-electron chi connectivity index (χ3n) is 3.33. The molecule has 0 spiro atoms. The monoisotopic (exact) mass is 371 g/mol. The molecule has 0 aliphatic rings. The summed E-state index contributed by atoms with van der Waals surface area (Å²) in [5, 5.41) is 7.93. The maximum Gasteiger partial charge on any atom is 0.237 e. The predicted octanol–water partition coefficient (Wildman–Crippen LogP) is 3.72. The van der Waals surface area contributed by atoms with E-state index in [4.69, 9.17) is 0 Å². The normalized spacial score (nSPS) is 11.3. The summed E-state index contributed by atoms with van der Waals surface area (Å²) in [6.07, 6.45) is 0. The van der Waals surface area contributed by atoms with Gasteiger partial charge in [0.15, 0.2) is 0 Å². The van der Waals surface area contributed by atoms with Gasteiger partial charge in [0, 0.05) is 35.8 Å². The van der Waals surface area contributed by atoms with Crippen molar-refractivity contribution < 1.29 is 14.4 Å². The van der Waals surface area contributed by atoms with Crippen LogP contribution in [0.1, 0.15) is 20.8 Å². The van der Waals surface area contributed by atoms with Gasteiger partial charge in [-0.3, -0.25) is 14.4 Å². The molecule has 0 radical (unpaired) electrons. The molecule has 0 heterocycles. The highest BCUT2D eigenvalue weighted by Crippen LogP contribution is 2.26. The van der Waals surface area contributed by atoms with Gasteiger partial charge in [-0.05, 0) is 55.5 Å². The van der Waals surface area contributed by atoms with Gasteiger partial charge in [0.25, 0.3) is 0 Å². The first-order valence-corrected chi connectivity index (χ1v) is 8.94. The minimum atomic E-state index is -0.295. The summed E-state index contributed by atoms with van der Waals surface area (Å²) in [7, 11) is 0. The Morgan fingerprint density at radius 2 is 1.12 bits per heavy atom. The molecule has 7 heteroatoms. The lowest BCUT2D eigenvalue weighted by Crippen LogP contribution is -2.22. The van der Waals surface area contributed by atoms with Crippen LogP contribution >= 0.6 is 11.8 Å². The summed E-state index contributed by atoms with van der Waals surface area (Å²) in [5.74, 6) is -0.382. The first kappa shape index (κ1) is 19.5. The molecule has 0 bridgehead atoms. The Labute approximate surface area is 156 Å². The van der Waals surface area contributed by atoms with Crippen molar-refractivity contribution in [3.8, 4) is 0 Å². The van der Waals surface area contributed by atoms with E-state index in [9.17, 15) is 14.4 Å². The second kappa shape index (κ2) is 9.05. The molecular weight excluding hydrogens is 350 g/mol. The molecule has 0 saturated heterocycles. The van der Waals surface area contributed by atoms with Gasteiger partial charge in [-0.2, -0.15) is 0 Å². The summed E-state index contributed by atoms with van der Waals surface area (Å²) in [6, 6.07) is 14.3. The number of nitrogens with one attached hydrogen (secondary N) is 3. The summed E-state index contributed by atoms with van der Waals surface area (Å²) in [5.41, 5.74) is 2.06. The number of carbonyl (C=O) groups excluding carboxylic acids is 3. The molecule has 0 fully saturated rings. The molecule has 3 N–H and O–H groups in total. The summed E-state index contributed by atoms with van der Waals surface area (Å²) in [4.78, 5) is 35.3. The van der Waals surface area contributed by atoms with Crippen molar-refractivity contribution in [3.05, 3.63) is 48.5 Å². The fraction of sp³-hybridized carbons (Fsp3) is 0.211. The number of carbonyl (C=O) groups is 3. The van der Waals surface area contributed by atoms with Crippen LogP contribution in [0.15, 0.2) is 53.4 Å². The molecule has 0 saturated carbocycles. The largest absolute Gasteiger partial charge is 0.326 e. The van der Waals surface area contributed by atoms with Gasteiger partial charge in [0.05, 0.1) is 5.25 Å². The van der Waals surface area contributed by atoms with Gasteiger partial charge in [-0.1, -0.05) is 0 Å². The second-order valence-electron chi connectivity index (χ2n) is 5.71. The molecule has 1 atom stereocenters. The average molecular weight is 371 g/mol. The topological polar surface area (TPSA) is 87.3 Å². The maximum atomic E-state index is 12.3. The van der Waals surface area contributed by atoms with Crippen LogP contribution in [0.25, 0.3) is 0 Å². The van der Waals surface area contributed by atoms with Crippen LogP contribution < -0.4 is 16.0 Å². The van der Waals surface area contributed by atoms with E-state index in [1.807, 2.05) is 19.1 Å². The fourth-order valence-electron chi connectivity index (χ4n) is 2.16. The van der Waals surface area contributed by atoms with Crippen LogP contribution in [0.2, 0.25) is 0 Å². The van der Waals surface area contributed by atoms with Gasteiger partial charge in [-0.15, -0.1) is 11.8 Å². The molecular formula is C19H21N3O3S. The van der Waals surface area contributed by atoms with Crippen molar-refractivity contribution in [2.75, 3.05) is 16.0 Å². The summed E-state index contributed by atoms with van der Waals surface area (Å²) in [6.45, 7) is 4.72. The van der Waals surface area contributed by atoms with Crippen molar-refractivity contribution in [3.63, 3.8) is 0 Å². The number of amides is 3. The van der Waals surface area contributed by atoms with Gasteiger partial charge >= 0.3 is 0 Å². The Bertz CT molecular complexity index is 789. The Kier molecular flexibility index (Phi) is 6.80. The number of benzene rings is 2. The number of hydrogen-bond acceptors (Lipinski definition) is 4. The smallest absolute Gasteiger partial charge is 0.237 e. The molecule has 0 aromatic heterocycles. The first-order chi connectivity index (χ1) is 12.3. The second-order valence-corrected chi connectivity index (χ2v) is 7.13. The number of hydrogen-bond donors (Lipinski definition) is 3. The quantitative estimate of drug-likeness (QED) is 0.675. The Morgan fingerprint density at radius 1 is 0.731 bits per heavy atom. The fourth-order valence-corrected chi connectivity index (χ4v) is 3.03. The zero-order chi connectivity index (χ0) is 19.1. The molecule has 2 aromatic carbocycles. The van der Waals surface area contributed by atoms with Crippen molar-refractivity contribution in [1.29, 1.82) is 0 Å². The highest BCUT2D eigenvalue weighted by Gasteiger charge is 2.14.